The molecule has 7 nitrogen and oxygen atoms in total. The topological polar surface area (TPSA) is 93.2 Å². The van der Waals surface area contributed by atoms with Gasteiger partial charge >= 0.3 is 5.69 Å². The molecule has 1 heterocycles. The summed E-state index contributed by atoms with van der Waals surface area (Å²) in [7, 11) is 0. The first-order valence-electron chi connectivity index (χ1n) is 7.63. The number of hydrogen-bond donors (Lipinski definition) is 2. The van der Waals surface area contributed by atoms with Crippen LogP contribution >= 0.6 is 11.6 Å². The third kappa shape index (κ3) is 4.40. The minimum atomic E-state index is -0.667. The van der Waals surface area contributed by atoms with Crippen LogP contribution in [0.5, 0.6) is 11.5 Å². The minimum absolute atomic E-state index is 0.271. The fourth-order valence-electron chi connectivity index (χ4n) is 2.22. The lowest BCUT2D eigenvalue weighted by molar-refractivity contribution is -0.116. The fourth-order valence-corrected chi connectivity index (χ4v) is 2.39. The number of para-hydroxylation sites is 1. The van der Waals surface area contributed by atoms with Gasteiger partial charge in [0.25, 0.3) is 5.56 Å². The van der Waals surface area contributed by atoms with Gasteiger partial charge in [0.05, 0.1) is 5.69 Å². The molecule has 2 aromatic carbocycles. The Hall–Kier alpha value is -3.32. The number of rotatable bonds is 5. The Morgan fingerprint density at radius 1 is 1.12 bits per heavy atom. The molecular weight excluding hydrogens is 358 g/mol. The molecule has 0 saturated carbocycles. The molecule has 1 amide bonds. The lowest BCUT2D eigenvalue weighted by Gasteiger charge is -2.13. The molecular formula is C18H14ClN3O4. The Morgan fingerprint density at radius 2 is 1.88 bits per heavy atom. The van der Waals surface area contributed by atoms with Gasteiger partial charge in [-0.05, 0) is 30.3 Å². The van der Waals surface area contributed by atoms with Gasteiger partial charge in [0, 0.05) is 17.3 Å². The first kappa shape index (κ1) is 17.5. The maximum atomic E-state index is 12.3. The van der Waals surface area contributed by atoms with Crippen molar-refractivity contribution < 1.29 is 9.53 Å². The summed E-state index contributed by atoms with van der Waals surface area (Å²) < 4.78 is 6.85. The summed E-state index contributed by atoms with van der Waals surface area (Å²) >= 11 is 6.00. The number of halogens is 1. The third-order valence-corrected chi connectivity index (χ3v) is 3.63. The average molecular weight is 372 g/mol. The van der Waals surface area contributed by atoms with Gasteiger partial charge in [-0.3, -0.25) is 19.1 Å². The van der Waals surface area contributed by atoms with E-state index in [0.717, 1.165) is 10.6 Å². The first-order valence-corrected chi connectivity index (χ1v) is 8.01. The number of aromatic amines is 1. The first-order chi connectivity index (χ1) is 12.5. The molecule has 0 aliphatic heterocycles. The molecule has 26 heavy (non-hydrogen) atoms. The van der Waals surface area contributed by atoms with E-state index in [0.29, 0.717) is 22.2 Å². The predicted octanol–water partition coefficient (Wildman–Crippen LogP) is 2.62. The van der Waals surface area contributed by atoms with Gasteiger partial charge in [-0.25, -0.2) is 4.79 Å². The van der Waals surface area contributed by atoms with E-state index < -0.39 is 17.2 Å². The van der Waals surface area contributed by atoms with E-state index in [4.69, 9.17) is 16.3 Å². The van der Waals surface area contributed by atoms with Crippen LogP contribution in [0, 0.1) is 0 Å². The van der Waals surface area contributed by atoms with Gasteiger partial charge in [-0.2, -0.15) is 0 Å². The fraction of sp³-hybridized carbons (Fsp3) is 0.0556. The lowest BCUT2D eigenvalue weighted by Crippen LogP contribution is -2.32. The van der Waals surface area contributed by atoms with Crippen molar-refractivity contribution >= 4 is 23.2 Å². The largest absolute Gasteiger partial charge is 0.455 e. The Bertz CT molecular complexity index is 1040. The van der Waals surface area contributed by atoms with Gasteiger partial charge in [-0.15, -0.1) is 0 Å². The number of aromatic nitrogens is 2. The van der Waals surface area contributed by atoms with Crippen molar-refractivity contribution in [1.29, 1.82) is 0 Å². The normalized spacial score (nSPS) is 10.3. The standard InChI is InChI=1S/C18H14ClN3O4/c19-12-6-7-15(26-13-4-2-1-3-5-13)14(10-12)20-17(24)11-22-9-8-16(23)21-18(22)25/h1-10H,11H2,(H,20,24)(H,21,23,25). The molecule has 0 atom stereocenters. The van der Waals surface area contributed by atoms with Crippen molar-refractivity contribution in [2.45, 2.75) is 6.54 Å². The number of anilines is 1. The van der Waals surface area contributed by atoms with Crippen LogP contribution in [-0.4, -0.2) is 15.5 Å². The quantitative estimate of drug-likeness (QED) is 0.721. The van der Waals surface area contributed by atoms with Crippen LogP contribution in [0.15, 0.2) is 70.4 Å². The van der Waals surface area contributed by atoms with E-state index in [1.807, 2.05) is 18.2 Å². The van der Waals surface area contributed by atoms with Crippen molar-refractivity contribution in [3.05, 3.63) is 86.7 Å². The van der Waals surface area contributed by atoms with Crippen LogP contribution in [0.1, 0.15) is 0 Å². The van der Waals surface area contributed by atoms with Gasteiger partial charge in [0.15, 0.2) is 5.75 Å². The summed E-state index contributed by atoms with van der Waals surface area (Å²) in [6.07, 6.45) is 1.25. The number of nitrogens with zero attached hydrogens (tertiary/aromatic N) is 1. The number of carbonyl (C=O) groups is 1. The van der Waals surface area contributed by atoms with Crippen LogP contribution in [-0.2, 0) is 11.3 Å². The summed E-state index contributed by atoms with van der Waals surface area (Å²) in [5, 5.41) is 3.08. The molecule has 0 aliphatic rings. The number of benzene rings is 2. The van der Waals surface area contributed by atoms with E-state index in [-0.39, 0.29) is 6.54 Å². The van der Waals surface area contributed by atoms with Crippen LogP contribution in [0.4, 0.5) is 5.69 Å². The van der Waals surface area contributed by atoms with Crippen molar-refractivity contribution in [3.8, 4) is 11.5 Å². The van der Waals surface area contributed by atoms with E-state index >= 15 is 0 Å². The molecule has 1 aromatic heterocycles. The number of amides is 1. The second-order valence-corrected chi connectivity index (χ2v) is 5.78. The van der Waals surface area contributed by atoms with Gasteiger partial charge < -0.3 is 10.1 Å². The number of nitrogens with one attached hydrogen (secondary N) is 2. The van der Waals surface area contributed by atoms with E-state index in [9.17, 15) is 14.4 Å². The summed E-state index contributed by atoms with van der Waals surface area (Å²) in [6.45, 7) is -0.271. The summed E-state index contributed by atoms with van der Waals surface area (Å²) in [6, 6.07) is 15.1. The van der Waals surface area contributed by atoms with Crippen LogP contribution in [0.2, 0.25) is 5.02 Å². The van der Waals surface area contributed by atoms with Crippen LogP contribution < -0.4 is 21.3 Å². The highest BCUT2D eigenvalue weighted by molar-refractivity contribution is 6.31. The smallest absolute Gasteiger partial charge is 0.328 e. The maximum Gasteiger partial charge on any atom is 0.328 e. The van der Waals surface area contributed by atoms with Gasteiger partial charge in [0.1, 0.15) is 12.3 Å². The molecule has 3 aromatic rings. The number of H-pyrrole nitrogens is 1. The molecule has 8 heteroatoms. The highest BCUT2D eigenvalue weighted by Crippen LogP contribution is 2.31. The summed E-state index contributed by atoms with van der Waals surface area (Å²) in [5.74, 6) is 0.532. The second kappa shape index (κ2) is 7.71. The number of ether oxygens (including phenoxy) is 1. The summed E-state index contributed by atoms with van der Waals surface area (Å²) in [4.78, 5) is 37.1. The molecule has 2 N–H and O–H groups in total. The van der Waals surface area contributed by atoms with Crippen LogP contribution in [0.3, 0.4) is 0 Å². The van der Waals surface area contributed by atoms with Crippen molar-refractivity contribution in [1.82, 2.24) is 9.55 Å². The number of carbonyl (C=O) groups excluding carboxylic acids is 1. The zero-order valence-electron chi connectivity index (χ0n) is 13.4. The second-order valence-electron chi connectivity index (χ2n) is 5.34. The Kier molecular flexibility index (Phi) is 5.19. The van der Waals surface area contributed by atoms with Gasteiger partial charge in [-0.1, -0.05) is 29.8 Å². The molecule has 0 spiro atoms. The third-order valence-electron chi connectivity index (χ3n) is 3.40. The van der Waals surface area contributed by atoms with E-state index in [2.05, 4.69) is 10.3 Å². The zero-order chi connectivity index (χ0) is 18.5. The molecule has 3 rings (SSSR count). The molecule has 0 unspecified atom stereocenters. The molecule has 0 bridgehead atoms. The minimum Gasteiger partial charge on any atom is -0.455 e. The molecule has 0 aliphatic carbocycles. The van der Waals surface area contributed by atoms with Crippen LogP contribution in [0.25, 0.3) is 0 Å². The highest BCUT2D eigenvalue weighted by atomic mass is 35.5. The molecule has 0 fully saturated rings. The summed E-state index contributed by atoms with van der Waals surface area (Å²) in [5.41, 5.74) is -0.830. The lowest BCUT2D eigenvalue weighted by atomic mass is 10.2. The Balaban J connectivity index is 1.80. The average Bonchev–Trinajstić information content (AvgIpc) is 2.61. The SMILES string of the molecule is O=C(Cn1ccc(=O)[nH]c1=O)Nc1cc(Cl)ccc1Oc1ccccc1. The monoisotopic (exact) mass is 371 g/mol. The van der Waals surface area contributed by atoms with E-state index in [1.54, 1.807) is 30.3 Å². The molecule has 0 saturated heterocycles. The van der Waals surface area contributed by atoms with Crippen molar-refractivity contribution in [2.24, 2.45) is 0 Å². The molecule has 132 valence electrons. The zero-order valence-corrected chi connectivity index (χ0v) is 14.2. The van der Waals surface area contributed by atoms with E-state index in [1.165, 1.54) is 6.20 Å². The Morgan fingerprint density at radius 3 is 2.62 bits per heavy atom. The van der Waals surface area contributed by atoms with Crippen molar-refractivity contribution in [3.63, 3.8) is 0 Å². The highest BCUT2D eigenvalue weighted by Gasteiger charge is 2.11. The van der Waals surface area contributed by atoms with Crippen molar-refractivity contribution in [2.75, 3.05) is 5.32 Å². The van der Waals surface area contributed by atoms with Gasteiger partial charge in [0.2, 0.25) is 5.91 Å². The Labute approximate surface area is 152 Å². The molecule has 0 radical (unpaired) electrons. The maximum absolute atomic E-state index is 12.3. The number of hydrogen-bond acceptors (Lipinski definition) is 4. The predicted molar refractivity (Wildman–Crippen MR) is 97.9 cm³/mol.